The van der Waals surface area contributed by atoms with Gasteiger partial charge in [-0.25, -0.2) is 0 Å². The van der Waals surface area contributed by atoms with Gasteiger partial charge in [-0.3, -0.25) is 4.90 Å². The first-order valence-corrected chi connectivity index (χ1v) is 6.69. The Kier molecular flexibility index (Phi) is 4.83. The minimum Gasteiger partial charge on any atom is -0.496 e. The Morgan fingerprint density at radius 1 is 1.53 bits per heavy atom. The van der Waals surface area contributed by atoms with Gasteiger partial charge in [0.1, 0.15) is 5.76 Å². The Morgan fingerprint density at radius 2 is 2.41 bits per heavy atom. The smallest absolute Gasteiger partial charge is 0.112 e. The number of nitrogens with one attached hydrogen (secondary N) is 1. The second-order valence-corrected chi connectivity index (χ2v) is 4.72. The first-order chi connectivity index (χ1) is 8.35. The van der Waals surface area contributed by atoms with Gasteiger partial charge < -0.3 is 14.8 Å². The molecule has 0 saturated carbocycles. The summed E-state index contributed by atoms with van der Waals surface area (Å²) in [7, 11) is 1.98. The van der Waals surface area contributed by atoms with E-state index in [2.05, 4.69) is 23.2 Å². The third kappa shape index (κ3) is 3.21. The molecule has 2 rings (SSSR count). The van der Waals surface area contributed by atoms with Crippen molar-refractivity contribution in [2.75, 3.05) is 39.9 Å². The van der Waals surface area contributed by atoms with Gasteiger partial charge in [0.2, 0.25) is 0 Å². The summed E-state index contributed by atoms with van der Waals surface area (Å²) >= 11 is 0. The van der Waals surface area contributed by atoms with Gasteiger partial charge in [-0.2, -0.15) is 0 Å². The summed E-state index contributed by atoms with van der Waals surface area (Å²) in [6, 6.07) is 0.206. The van der Waals surface area contributed by atoms with E-state index in [1.807, 2.05) is 7.05 Å². The molecule has 0 aliphatic carbocycles. The van der Waals surface area contributed by atoms with E-state index in [1.165, 1.54) is 6.42 Å². The van der Waals surface area contributed by atoms with Gasteiger partial charge in [0.05, 0.1) is 25.4 Å². The van der Waals surface area contributed by atoms with Crippen LogP contribution < -0.4 is 5.32 Å². The van der Waals surface area contributed by atoms with Gasteiger partial charge in [0, 0.05) is 19.5 Å². The Hall–Kier alpha value is -0.580. The monoisotopic (exact) mass is 240 g/mol. The molecule has 2 aliphatic rings. The SMILES string of the molecule is CCCN1CCOC(C(NC)C2=CCCO2)C1. The second kappa shape index (κ2) is 6.38. The minimum absolute atomic E-state index is 0.206. The Morgan fingerprint density at radius 3 is 3.06 bits per heavy atom. The van der Waals surface area contributed by atoms with Gasteiger partial charge in [-0.15, -0.1) is 0 Å². The van der Waals surface area contributed by atoms with Gasteiger partial charge in [-0.05, 0) is 26.1 Å². The van der Waals surface area contributed by atoms with Crippen molar-refractivity contribution in [1.29, 1.82) is 0 Å². The number of likely N-dealkylation sites (N-methyl/N-ethyl adjacent to an activating group) is 1. The molecule has 2 atom stereocenters. The number of ether oxygens (including phenoxy) is 2. The standard InChI is InChI=1S/C13H24N2O2/c1-3-6-15-7-9-17-12(10-15)13(14-2)11-5-4-8-16-11/h5,12-14H,3-4,6-10H2,1-2H3. The fourth-order valence-corrected chi connectivity index (χ4v) is 2.62. The molecule has 0 aromatic heterocycles. The summed E-state index contributed by atoms with van der Waals surface area (Å²) < 4.78 is 11.5. The Labute approximate surface area is 104 Å². The van der Waals surface area contributed by atoms with Gasteiger partial charge >= 0.3 is 0 Å². The van der Waals surface area contributed by atoms with Crippen LogP contribution in [0.3, 0.4) is 0 Å². The molecule has 0 aromatic carbocycles. The predicted octanol–water partition coefficient (Wildman–Crippen LogP) is 0.989. The van der Waals surface area contributed by atoms with Crippen molar-refractivity contribution in [3.8, 4) is 0 Å². The van der Waals surface area contributed by atoms with Crippen LogP contribution in [0.15, 0.2) is 11.8 Å². The largest absolute Gasteiger partial charge is 0.496 e. The van der Waals surface area contributed by atoms with Crippen molar-refractivity contribution in [2.45, 2.75) is 31.9 Å². The maximum Gasteiger partial charge on any atom is 0.112 e. The summed E-state index contributed by atoms with van der Waals surface area (Å²) in [5.41, 5.74) is 0. The molecule has 1 N–H and O–H groups in total. The number of hydrogen-bond donors (Lipinski definition) is 1. The van der Waals surface area contributed by atoms with Crippen LogP contribution in [0.1, 0.15) is 19.8 Å². The predicted molar refractivity (Wildman–Crippen MR) is 68.0 cm³/mol. The van der Waals surface area contributed by atoms with Crippen LogP contribution in [-0.4, -0.2) is 56.9 Å². The van der Waals surface area contributed by atoms with Gasteiger partial charge in [0.25, 0.3) is 0 Å². The second-order valence-electron chi connectivity index (χ2n) is 4.72. The van der Waals surface area contributed by atoms with Crippen molar-refractivity contribution in [1.82, 2.24) is 10.2 Å². The molecule has 0 radical (unpaired) electrons. The molecule has 2 heterocycles. The van der Waals surface area contributed by atoms with E-state index in [9.17, 15) is 0 Å². The normalized spacial score (nSPS) is 27.6. The minimum atomic E-state index is 0.206. The number of rotatable bonds is 5. The van der Waals surface area contributed by atoms with Crippen LogP contribution in [0.5, 0.6) is 0 Å². The van der Waals surface area contributed by atoms with Crippen molar-refractivity contribution < 1.29 is 9.47 Å². The lowest BCUT2D eigenvalue weighted by atomic mass is 10.1. The van der Waals surface area contributed by atoms with E-state index in [0.717, 1.165) is 45.0 Å². The molecular weight excluding hydrogens is 216 g/mol. The van der Waals surface area contributed by atoms with Crippen LogP contribution in [0.4, 0.5) is 0 Å². The lowest BCUT2D eigenvalue weighted by molar-refractivity contribution is -0.0464. The summed E-state index contributed by atoms with van der Waals surface area (Å²) in [4.78, 5) is 2.48. The fourth-order valence-electron chi connectivity index (χ4n) is 2.62. The number of hydrogen-bond acceptors (Lipinski definition) is 4. The van der Waals surface area contributed by atoms with E-state index in [4.69, 9.17) is 9.47 Å². The average Bonchev–Trinajstić information content (AvgIpc) is 2.85. The van der Waals surface area contributed by atoms with Crippen molar-refractivity contribution in [2.24, 2.45) is 0 Å². The highest BCUT2D eigenvalue weighted by atomic mass is 16.5. The first-order valence-electron chi connectivity index (χ1n) is 6.69. The molecule has 0 spiro atoms. The van der Waals surface area contributed by atoms with Crippen LogP contribution in [-0.2, 0) is 9.47 Å². The summed E-state index contributed by atoms with van der Waals surface area (Å²) in [6.45, 7) is 7.09. The molecule has 1 saturated heterocycles. The van der Waals surface area contributed by atoms with Crippen LogP contribution >= 0.6 is 0 Å². The maximum absolute atomic E-state index is 5.89. The molecule has 4 heteroatoms. The molecule has 0 aromatic rings. The molecule has 4 nitrogen and oxygen atoms in total. The highest BCUT2D eigenvalue weighted by molar-refractivity contribution is 5.10. The summed E-state index contributed by atoms with van der Waals surface area (Å²) in [5, 5.41) is 3.33. The molecule has 2 aliphatic heterocycles. The average molecular weight is 240 g/mol. The van der Waals surface area contributed by atoms with E-state index in [-0.39, 0.29) is 12.1 Å². The molecule has 2 unspecified atom stereocenters. The zero-order valence-electron chi connectivity index (χ0n) is 10.9. The number of nitrogens with zero attached hydrogens (tertiary/aromatic N) is 1. The lowest BCUT2D eigenvalue weighted by Crippen LogP contribution is -2.52. The van der Waals surface area contributed by atoms with Crippen LogP contribution in [0.2, 0.25) is 0 Å². The Balaban J connectivity index is 1.94. The van der Waals surface area contributed by atoms with E-state index in [0.29, 0.717) is 0 Å². The third-order valence-corrected chi connectivity index (χ3v) is 3.44. The Bertz CT molecular complexity index is 266. The highest BCUT2D eigenvalue weighted by Gasteiger charge is 2.31. The molecule has 0 amide bonds. The van der Waals surface area contributed by atoms with E-state index in [1.54, 1.807) is 0 Å². The molecule has 17 heavy (non-hydrogen) atoms. The molecular formula is C13H24N2O2. The quantitative estimate of drug-likeness (QED) is 0.777. The summed E-state index contributed by atoms with van der Waals surface area (Å²) in [5.74, 6) is 1.07. The van der Waals surface area contributed by atoms with Crippen molar-refractivity contribution >= 4 is 0 Å². The van der Waals surface area contributed by atoms with E-state index < -0.39 is 0 Å². The third-order valence-electron chi connectivity index (χ3n) is 3.44. The van der Waals surface area contributed by atoms with Gasteiger partial charge in [-0.1, -0.05) is 6.92 Å². The van der Waals surface area contributed by atoms with Crippen LogP contribution in [0, 0.1) is 0 Å². The molecule has 1 fully saturated rings. The van der Waals surface area contributed by atoms with Gasteiger partial charge in [0.15, 0.2) is 0 Å². The highest BCUT2D eigenvalue weighted by Crippen LogP contribution is 2.20. The zero-order chi connectivity index (χ0) is 12.1. The first kappa shape index (κ1) is 12.9. The van der Waals surface area contributed by atoms with Crippen molar-refractivity contribution in [3.63, 3.8) is 0 Å². The maximum atomic E-state index is 5.89. The summed E-state index contributed by atoms with van der Waals surface area (Å²) in [6.07, 6.45) is 4.63. The van der Waals surface area contributed by atoms with Crippen LogP contribution in [0.25, 0.3) is 0 Å². The molecule has 0 bridgehead atoms. The van der Waals surface area contributed by atoms with Crippen molar-refractivity contribution in [3.05, 3.63) is 11.8 Å². The zero-order valence-corrected chi connectivity index (χ0v) is 10.9. The molecule has 98 valence electrons. The van der Waals surface area contributed by atoms with E-state index >= 15 is 0 Å². The number of morpholine rings is 1. The lowest BCUT2D eigenvalue weighted by Gasteiger charge is -2.36. The topological polar surface area (TPSA) is 33.7 Å². The fraction of sp³-hybridized carbons (Fsp3) is 0.846.